The van der Waals surface area contributed by atoms with E-state index in [9.17, 15) is 4.79 Å². The highest BCUT2D eigenvalue weighted by molar-refractivity contribution is 9.10. The smallest absolute Gasteiger partial charge is 0.277 e. The molecule has 0 aromatic heterocycles. The maximum absolute atomic E-state index is 11.9. The van der Waals surface area contributed by atoms with Gasteiger partial charge in [0.1, 0.15) is 17.6 Å². The standard InChI is InChI=1S/C19H18BrN3O3/c1-2-9-25-18-8-7-16(20)10-15(18)12-22-23-19(24)13-26-17-6-4-3-5-14(17)11-21/h3-8,10,12H,2,9,13H2,1H3,(H,23,24)/b22-12-. The highest BCUT2D eigenvalue weighted by atomic mass is 79.9. The number of hydrazone groups is 1. The molecule has 0 radical (unpaired) electrons. The summed E-state index contributed by atoms with van der Waals surface area (Å²) in [4.78, 5) is 11.9. The summed E-state index contributed by atoms with van der Waals surface area (Å²) < 4.78 is 11.9. The number of nitrogens with zero attached hydrogens (tertiary/aromatic N) is 2. The van der Waals surface area contributed by atoms with Crippen LogP contribution in [0.3, 0.4) is 0 Å². The molecule has 0 heterocycles. The molecule has 0 aliphatic carbocycles. The van der Waals surface area contributed by atoms with Crippen molar-refractivity contribution in [1.29, 1.82) is 5.26 Å². The van der Waals surface area contributed by atoms with Gasteiger partial charge in [-0.3, -0.25) is 4.79 Å². The van der Waals surface area contributed by atoms with Crippen molar-refractivity contribution in [2.75, 3.05) is 13.2 Å². The molecule has 0 fully saturated rings. The van der Waals surface area contributed by atoms with Gasteiger partial charge >= 0.3 is 0 Å². The van der Waals surface area contributed by atoms with Gasteiger partial charge in [0.15, 0.2) is 6.61 Å². The van der Waals surface area contributed by atoms with Crippen LogP contribution in [0.5, 0.6) is 11.5 Å². The van der Waals surface area contributed by atoms with Crippen molar-refractivity contribution in [2.24, 2.45) is 5.10 Å². The van der Waals surface area contributed by atoms with Gasteiger partial charge in [-0.15, -0.1) is 0 Å². The second-order valence-corrected chi connectivity index (χ2v) is 6.14. The minimum absolute atomic E-state index is 0.242. The summed E-state index contributed by atoms with van der Waals surface area (Å²) in [6.07, 6.45) is 2.40. The highest BCUT2D eigenvalue weighted by Gasteiger charge is 2.06. The third-order valence-electron chi connectivity index (χ3n) is 3.19. The van der Waals surface area contributed by atoms with E-state index in [1.807, 2.05) is 31.2 Å². The van der Waals surface area contributed by atoms with E-state index < -0.39 is 5.91 Å². The summed E-state index contributed by atoms with van der Waals surface area (Å²) in [6.45, 7) is 2.38. The van der Waals surface area contributed by atoms with E-state index in [1.165, 1.54) is 6.21 Å². The zero-order chi connectivity index (χ0) is 18.8. The predicted octanol–water partition coefficient (Wildman–Crippen LogP) is 3.64. The fraction of sp³-hybridized carbons (Fsp3) is 0.211. The van der Waals surface area contributed by atoms with Crippen molar-refractivity contribution in [3.63, 3.8) is 0 Å². The highest BCUT2D eigenvalue weighted by Crippen LogP contribution is 2.22. The molecule has 0 atom stereocenters. The molecule has 134 valence electrons. The summed E-state index contributed by atoms with van der Waals surface area (Å²) in [5.74, 6) is 0.614. The monoisotopic (exact) mass is 415 g/mol. The third kappa shape index (κ3) is 5.90. The van der Waals surface area contributed by atoms with Gasteiger partial charge in [-0.2, -0.15) is 10.4 Å². The molecule has 2 aromatic carbocycles. The Hall–Kier alpha value is -2.85. The van der Waals surface area contributed by atoms with Crippen molar-refractivity contribution in [3.05, 3.63) is 58.1 Å². The lowest BCUT2D eigenvalue weighted by atomic mass is 10.2. The van der Waals surface area contributed by atoms with Crippen molar-refractivity contribution >= 4 is 28.1 Å². The fourth-order valence-electron chi connectivity index (χ4n) is 2.00. The molecule has 0 spiro atoms. The molecule has 0 aliphatic rings. The van der Waals surface area contributed by atoms with Gasteiger partial charge in [0.05, 0.1) is 18.4 Å². The number of nitriles is 1. The Bertz CT molecular complexity index is 831. The first-order valence-corrected chi connectivity index (χ1v) is 8.79. The second-order valence-electron chi connectivity index (χ2n) is 5.22. The van der Waals surface area contributed by atoms with Crippen LogP contribution in [-0.4, -0.2) is 25.3 Å². The first-order valence-electron chi connectivity index (χ1n) is 8.00. The van der Waals surface area contributed by atoms with Gasteiger partial charge in [-0.1, -0.05) is 35.0 Å². The Balaban J connectivity index is 1.93. The minimum Gasteiger partial charge on any atom is -0.493 e. The molecule has 6 nitrogen and oxygen atoms in total. The number of hydrogen-bond acceptors (Lipinski definition) is 5. The van der Waals surface area contributed by atoms with E-state index >= 15 is 0 Å². The number of ether oxygens (including phenoxy) is 2. The number of hydrogen-bond donors (Lipinski definition) is 1. The summed E-state index contributed by atoms with van der Waals surface area (Å²) >= 11 is 3.40. The number of halogens is 1. The van der Waals surface area contributed by atoms with E-state index in [0.29, 0.717) is 23.7 Å². The molecular weight excluding hydrogens is 398 g/mol. The molecule has 1 amide bonds. The van der Waals surface area contributed by atoms with Crippen molar-refractivity contribution in [1.82, 2.24) is 5.43 Å². The maximum Gasteiger partial charge on any atom is 0.277 e. The molecule has 26 heavy (non-hydrogen) atoms. The molecule has 0 aliphatic heterocycles. The lowest BCUT2D eigenvalue weighted by molar-refractivity contribution is -0.123. The second kappa shape index (κ2) is 10.2. The van der Waals surface area contributed by atoms with Gasteiger partial charge in [-0.25, -0.2) is 5.43 Å². The number of nitrogens with one attached hydrogen (secondary N) is 1. The molecule has 0 saturated carbocycles. The van der Waals surface area contributed by atoms with Gasteiger partial charge in [0.25, 0.3) is 5.91 Å². The molecule has 2 aromatic rings. The first-order chi connectivity index (χ1) is 12.6. The molecule has 2 rings (SSSR count). The number of carbonyl (C=O) groups excluding carboxylic acids is 1. The van der Waals surface area contributed by atoms with Gasteiger partial charge in [-0.05, 0) is 36.8 Å². The average Bonchev–Trinajstić information content (AvgIpc) is 2.66. The Morgan fingerprint density at radius 1 is 1.27 bits per heavy atom. The number of benzene rings is 2. The fourth-order valence-corrected chi connectivity index (χ4v) is 2.38. The molecule has 0 bridgehead atoms. The van der Waals surface area contributed by atoms with Crippen LogP contribution in [0.4, 0.5) is 0 Å². The largest absolute Gasteiger partial charge is 0.493 e. The molecule has 1 N–H and O–H groups in total. The van der Waals surface area contributed by atoms with Gasteiger partial charge < -0.3 is 9.47 Å². The van der Waals surface area contributed by atoms with Crippen molar-refractivity contribution < 1.29 is 14.3 Å². The Labute approximate surface area is 160 Å². The zero-order valence-corrected chi connectivity index (χ0v) is 15.8. The van der Waals surface area contributed by atoms with Crippen LogP contribution in [0.25, 0.3) is 0 Å². The third-order valence-corrected chi connectivity index (χ3v) is 3.69. The van der Waals surface area contributed by atoms with Gasteiger partial charge in [0, 0.05) is 10.0 Å². The topological polar surface area (TPSA) is 83.7 Å². The average molecular weight is 416 g/mol. The number of rotatable bonds is 8. The van der Waals surface area contributed by atoms with Crippen LogP contribution in [0.15, 0.2) is 52.0 Å². The lowest BCUT2D eigenvalue weighted by Crippen LogP contribution is -2.24. The van der Waals surface area contributed by atoms with E-state index in [2.05, 4.69) is 26.5 Å². The van der Waals surface area contributed by atoms with Crippen molar-refractivity contribution in [2.45, 2.75) is 13.3 Å². The van der Waals surface area contributed by atoms with E-state index in [1.54, 1.807) is 24.3 Å². The van der Waals surface area contributed by atoms with E-state index in [0.717, 1.165) is 16.5 Å². The minimum atomic E-state index is -0.431. The number of amides is 1. The van der Waals surface area contributed by atoms with Crippen LogP contribution in [0.1, 0.15) is 24.5 Å². The Morgan fingerprint density at radius 2 is 2.08 bits per heavy atom. The summed E-state index contributed by atoms with van der Waals surface area (Å²) in [6, 6.07) is 14.3. The molecular formula is C19H18BrN3O3. The van der Waals surface area contributed by atoms with Crippen LogP contribution in [-0.2, 0) is 4.79 Å². The van der Waals surface area contributed by atoms with Crippen molar-refractivity contribution in [3.8, 4) is 17.6 Å². The zero-order valence-electron chi connectivity index (χ0n) is 14.2. The van der Waals surface area contributed by atoms with E-state index in [4.69, 9.17) is 14.7 Å². The van der Waals surface area contributed by atoms with Crippen LogP contribution < -0.4 is 14.9 Å². The normalized spacial score (nSPS) is 10.3. The summed E-state index contributed by atoms with van der Waals surface area (Å²) in [5.41, 5.74) is 3.50. The first kappa shape index (κ1) is 19.5. The molecule has 0 saturated heterocycles. The number of para-hydroxylation sites is 1. The predicted molar refractivity (Wildman–Crippen MR) is 102 cm³/mol. The Kier molecular flexibility index (Phi) is 7.65. The van der Waals surface area contributed by atoms with Crippen LogP contribution in [0, 0.1) is 11.3 Å². The van der Waals surface area contributed by atoms with Crippen LogP contribution in [0.2, 0.25) is 0 Å². The Morgan fingerprint density at radius 3 is 2.85 bits per heavy atom. The quantitative estimate of drug-likeness (QED) is 0.526. The maximum atomic E-state index is 11.9. The molecule has 0 unspecified atom stereocenters. The van der Waals surface area contributed by atoms with Crippen LogP contribution >= 0.6 is 15.9 Å². The summed E-state index contributed by atoms with van der Waals surface area (Å²) in [5, 5.41) is 12.9. The lowest BCUT2D eigenvalue weighted by Gasteiger charge is -2.08. The number of carbonyl (C=O) groups is 1. The summed E-state index contributed by atoms with van der Waals surface area (Å²) in [7, 11) is 0. The molecule has 7 heteroatoms. The van der Waals surface area contributed by atoms with Gasteiger partial charge in [0.2, 0.25) is 0 Å². The SMILES string of the molecule is CCCOc1ccc(Br)cc1/C=N\NC(=O)COc1ccccc1C#N. The van der Waals surface area contributed by atoms with E-state index in [-0.39, 0.29) is 6.61 Å².